The second kappa shape index (κ2) is 5.77. The van der Waals surface area contributed by atoms with Crippen LogP contribution in [0.15, 0.2) is 16.6 Å². The maximum atomic E-state index is 13.4. The SMILES string of the molecule is CC(Cl)CNCc1c(F)ccc(Br)c1F. The number of alkyl halides is 1. The number of rotatable bonds is 4. The van der Waals surface area contributed by atoms with E-state index in [4.69, 9.17) is 11.6 Å². The van der Waals surface area contributed by atoms with Gasteiger partial charge in [0, 0.05) is 24.0 Å². The standard InChI is InChI=1S/C10H11BrClF2N/c1-6(12)4-15-5-7-9(13)3-2-8(11)10(7)14/h2-3,6,15H,4-5H2,1H3. The second-order valence-electron chi connectivity index (χ2n) is 3.23. The first-order valence-electron chi connectivity index (χ1n) is 4.49. The highest BCUT2D eigenvalue weighted by atomic mass is 79.9. The molecule has 0 radical (unpaired) electrons. The molecule has 0 bridgehead atoms. The Balaban J connectivity index is 2.71. The molecule has 0 fully saturated rings. The molecule has 0 heterocycles. The molecule has 1 atom stereocenters. The van der Waals surface area contributed by atoms with E-state index in [-0.39, 0.29) is 22.0 Å². The van der Waals surface area contributed by atoms with Crippen molar-refractivity contribution < 1.29 is 8.78 Å². The highest BCUT2D eigenvalue weighted by molar-refractivity contribution is 9.10. The van der Waals surface area contributed by atoms with E-state index in [1.165, 1.54) is 12.1 Å². The van der Waals surface area contributed by atoms with Crippen molar-refractivity contribution in [1.82, 2.24) is 5.32 Å². The van der Waals surface area contributed by atoms with Gasteiger partial charge in [-0.15, -0.1) is 11.6 Å². The molecule has 15 heavy (non-hydrogen) atoms. The minimum absolute atomic E-state index is 0.0293. The Bertz CT molecular complexity index is 344. The van der Waals surface area contributed by atoms with Crippen molar-refractivity contribution in [2.24, 2.45) is 0 Å². The summed E-state index contributed by atoms with van der Waals surface area (Å²) >= 11 is 8.70. The molecular weight excluding hydrogens is 287 g/mol. The Labute approximate surface area is 101 Å². The van der Waals surface area contributed by atoms with Crippen LogP contribution in [0.3, 0.4) is 0 Å². The topological polar surface area (TPSA) is 12.0 Å². The minimum atomic E-state index is -0.565. The predicted molar refractivity (Wildman–Crippen MR) is 61.1 cm³/mol. The van der Waals surface area contributed by atoms with Gasteiger partial charge in [-0.05, 0) is 35.0 Å². The lowest BCUT2D eigenvalue weighted by Gasteiger charge is -2.09. The number of hydrogen-bond donors (Lipinski definition) is 1. The van der Waals surface area contributed by atoms with Gasteiger partial charge in [0.05, 0.1) is 4.47 Å². The van der Waals surface area contributed by atoms with Gasteiger partial charge >= 0.3 is 0 Å². The molecular formula is C10H11BrClF2N. The van der Waals surface area contributed by atoms with Crippen LogP contribution in [-0.2, 0) is 6.54 Å². The quantitative estimate of drug-likeness (QED) is 0.663. The Morgan fingerprint density at radius 3 is 2.73 bits per heavy atom. The van der Waals surface area contributed by atoms with Crippen LogP contribution in [0.5, 0.6) is 0 Å². The largest absolute Gasteiger partial charge is 0.311 e. The van der Waals surface area contributed by atoms with Gasteiger partial charge in [0.25, 0.3) is 0 Å². The molecule has 1 N–H and O–H groups in total. The van der Waals surface area contributed by atoms with Gasteiger partial charge in [-0.2, -0.15) is 0 Å². The highest BCUT2D eigenvalue weighted by Gasteiger charge is 2.11. The third-order valence-electron chi connectivity index (χ3n) is 1.87. The second-order valence-corrected chi connectivity index (χ2v) is 4.83. The van der Waals surface area contributed by atoms with Crippen LogP contribution in [0.25, 0.3) is 0 Å². The highest BCUT2D eigenvalue weighted by Crippen LogP contribution is 2.21. The Morgan fingerprint density at radius 1 is 1.47 bits per heavy atom. The summed E-state index contributed by atoms with van der Waals surface area (Å²) in [7, 11) is 0. The zero-order valence-electron chi connectivity index (χ0n) is 8.16. The van der Waals surface area contributed by atoms with Crippen molar-refractivity contribution in [3.05, 3.63) is 33.8 Å². The maximum absolute atomic E-state index is 13.4. The molecule has 0 saturated carbocycles. The molecule has 84 valence electrons. The van der Waals surface area contributed by atoms with Crippen LogP contribution in [0.4, 0.5) is 8.78 Å². The summed E-state index contributed by atoms with van der Waals surface area (Å²) in [5.41, 5.74) is 0.0293. The average Bonchev–Trinajstić information content (AvgIpc) is 2.17. The summed E-state index contributed by atoms with van der Waals surface area (Å²) in [4.78, 5) is 0. The summed E-state index contributed by atoms with van der Waals surface area (Å²) in [5.74, 6) is -1.12. The van der Waals surface area contributed by atoms with Gasteiger partial charge in [0.1, 0.15) is 11.6 Å². The van der Waals surface area contributed by atoms with Gasteiger partial charge in [-0.25, -0.2) is 8.78 Å². The molecule has 0 spiro atoms. The first kappa shape index (κ1) is 12.9. The fourth-order valence-electron chi connectivity index (χ4n) is 1.13. The van der Waals surface area contributed by atoms with Crippen LogP contribution < -0.4 is 5.32 Å². The van der Waals surface area contributed by atoms with Gasteiger partial charge in [-0.1, -0.05) is 0 Å². The van der Waals surface area contributed by atoms with E-state index in [1.807, 2.05) is 6.92 Å². The number of benzene rings is 1. The van der Waals surface area contributed by atoms with Crippen molar-refractivity contribution in [3.63, 3.8) is 0 Å². The molecule has 1 unspecified atom stereocenters. The predicted octanol–water partition coefficient (Wildman–Crippen LogP) is 3.44. The Hall–Kier alpha value is -0.190. The fraction of sp³-hybridized carbons (Fsp3) is 0.400. The fourth-order valence-corrected chi connectivity index (χ4v) is 1.61. The summed E-state index contributed by atoms with van der Waals surface area (Å²) in [6.07, 6.45) is 0. The van der Waals surface area contributed by atoms with Gasteiger partial charge in [0.2, 0.25) is 0 Å². The van der Waals surface area contributed by atoms with Crippen molar-refractivity contribution in [2.45, 2.75) is 18.8 Å². The van der Waals surface area contributed by atoms with Gasteiger partial charge in [0.15, 0.2) is 0 Å². The normalized spacial score (nSPS) is 12.9. The van der Waals surface area contributed by atoms with Crippen LogP contribution in [-0.4, -0.2) is 11.9 Å². The molecule has 0 aliphatic carbocycles. The van der Waals surface area contributed by atoms with Crippen molar-refractivity contribution in [1.29, 1.82) is 0 Å². The maximum Gasteiger partial charge on any atom is 0.144 e. The lowest BCUT2D eigenvalue weighted by atomic mass is 10.2. The van der Waals surface area contributed by atoms with E-state index >= 15 is 0 Å². The van der Waals surface area contributed by atoms with Crippen molar-refractivity contribution in [2.75, 3.05) is 6.54 Å². The van der Waals surface area contributed by atoms with Crippen LogP contribution >= 0.6 is 27.5 Å². The molecule has 1 nitrogen and oxygen atoms in total. The minimum Gasteiger partial charge on any atom is -0.311 e. The molecule has 1 aromatic carbocycles. The number of hydrogen-bond acceptors (Lipinski definition) is 1. The van der Waals surface area contributed by atoms with Crippen molar-refractivity contribution in [3.8, 4) is 0 Å². The van der Waals surface area contributed by atoms with E-state index in [2.05, 4.69) is 21.2 Å². The Morgan fingerprint density at radius 2 is 2.13 bits per heavy atom. The van der Waals surface area contributed by atoms with E-state index < -0.39 is 11.6 Å². The average molecular weight is 299 g/mol. The van der Waals surface area contributed by atoms with Crippen LogP contribution in [0.2, 0.25) is 0 Å². The molecule has 0 aromatic heterocycles. The van der Waals surface area contributed by atoms with E-state index in [0.29, 0.717) is 6.54 Å². The monoisotopic (exact) mass is 297 g/mol. The van der Waals surface area contributed by atoms with Crippen molar-refractivity contribution >= 4 is 27.5 Å². The zero-order chi connectivity index (χ0) is 11.4. The molecule has 0 amide bonds. The summed E-state index contributed by atoms with van der Waals surface area (Å²) < 4.78 is 26.9. The van der Waals surface area contributed by atoms with E-state index in [0.717, 1.165) is 0 Å². The summed E-state index contributed by atoms with van der Waals surface area (Å²) in [6, 6.07) is 2.58. The Kier molecular flexibility index (Phi) is 4.96. The molecule has 0 aliphatic heterocycles. The van der Waals surface area contributed by atoms with Gasteiger partial charge < -0.3 is 5.32 Å². The zero-order valence-corrected chi connectivity index (χ0v) is 10.5. The molecule has 5 heteroatoms. The number of halogens is 4. The third kappa shape index (κ3) is 3.70. The van der Waals surface area contributed by atoms with Crippen LogP contribution in [0.1, 0.15) is 12.5 Å². The van der Waals surface area contributed by atoms with E-state index in [9.17, 15) is 8.78 Å². The lowest BCUT2D eigenvalue weighted by molar-refractivity contribution is 0.532. The summed E-state index contributed by atoms with van der Waals surface area (Å²) in [6.45, 7) is 2.45. The molecule has 1 rings (SSSR count). The van der Waals surface area contributed by atoms with Crippen LogP contribution in [0, 0.1) is 11.6 Å². The first-order chi connectivity index (χ1) is 7.02. The lowest BCUT2D eigenvalue weighted by Crippen LogP contribution is -2.22. The molecule has 0 saturated heterocycles. The molecule has 1 aromatic rings. The molecule has 0 aliphatic rings. The number of nitrogens with one attached hydrogen (secondary N) is 1. The first-order valence-corrected chi connectivity index (χ1v) is 5.72. The summed E-state index contributed by atoms with van der Waals surface area (Å²) in [5, 5.41) is 2.81. The van der Waals surface area contributed by atoms with Gasteiger partial charge in [-0.3, -0.25) is 0 Å². The third-order valence-corrected chi connectivity index (χ3v) is 2.63. The van der Waals surface area contributed by atoms with E-state index in [1.54, 1.807) is 0 Å². The smallest absolute Gasteiger partial charge is 0.144 e.